The summed E-state index contributed by atoms with van der Waals surface area (Å²) in [6.07, 6.45) is -30.1. The number of ether oxygens (including phenoxy) is 3. The summed E-state index contributed by atoms with van der Waals surface area (Å²) in [4.78, 5) is 27.4. The number of carbonyl (C=O) groups is 2. The molecule has 94 heavy (non-hydrogen) atoms. The standard InChI is InChI=1S/C34H27F10NO3.C30H19F10NO3.CH3F/c1-31(2,3)48-28-16-21(10-12-27(28)37)32(18-19-7-5-4-6-8-19,22-14-23(35)17-24(15-22)47-34(43,44)30(38)39)45-29(46)20-9-11-26(36)25(13-20)33(40,41)42;31-20-11-19(12-21(14-20)44-30(39,40)27(34)35)28(15-16-4-2-1-3-5-16,18-7-9-24(33)25(42)13-18)41-26(43)17-6-8-23(32)22(10-17)29(36,37)38;1-2/h4-17,30H,18H2,1-3H3,(H,45,46);1-14,27,42H,15H2,(H,41,43);1H3/t32-;28-;/m11./s1/i;;1D. The van der Waals surface area contributed by atoms with Gasteiger partial charge in [-0.3, -0.25) is 14.0 Å². The largest absolute Gasteiger partial charge is 0.505 e. The van der Waals surface area contributed by atoms with Crippen LogP contribution in [0.1, 0.15) is 87.4 Å². The van der Waals surface area contributed by atoms with E-state index < -0.39 is 171 Å². The maximum Gasteiger partial charge on any atom is 0.461 e. The molecule has 8 nitrogen and oxygen atoms in total. The first-order valence-electron chi connectivity index (χ1n) is 27.5. The molecule has 0 saturated heterocycles. The van der Waals surface area contributed by atoms with Crippen LogP contribution < -0.4 is 24.8 Å². The first kappa shape index (κ1) is 71.9. The average Bonchev–Trinajstić information content (AvgIpc) is 0.760. The number of aromatic hydroxyl groups is 1. The molecule has 8 rings (SSSR count). The van der Waals surface area contributed by atoms with E-state index in [1.807, 2.05) is 0 Å². The molecule has 2 amide bonds. The summed E-state index contributed by atoms with van der Waals surface area (Å²) < 4.78 is 305. The summed E-state index contributed by atoms with van der Waals surface area (Å²) in [6.45, 7) is 4.76. The van der Waals surface area contributed by atoms with Crippen molar-refractivity contribution in [1.29, 1.82) is 0 Å². The molecule has 0 unspecified atom stereocenters. The number of phenolic OH excluding ortho intramolecular Hbond substituents is 1. The summed E-state index contributed by atoms with van der Waals surface area (Å²) in [5, 5.41) is 15.1. The van der Waals surface area contributed by atoms with Gasteiger partial charge in [0.05, 0.1) is 30.7 Å². The predicted molar refractivity (Wildman–Crippen MR) is 297 cm³/mol. The van der Waals surface area contributed by atoms with Gasteiger partial charge in [0.15, 0.2) is 23.1 Å². The minimum absolute atomic E-state index is 0.101. The van der Waals surface area contributed by atoms with E-state index in [2.05, 4.69) is 20.1 Å². The number of alkyl halides is 15. The smallest absolute Gasteiger partial charge is 0.461 e. The zero-order valence-corrected chi connectivity index (χ0v) is 48.4. The zero-order chi connectivity index (χ0) is 70.8. The van der Waals surface area contributed by atoms with Crippen LogP contribution in [-0.4, -0.2) is 54.7 Å². The molecule has 8 aromatic rings. The van der Waals surface area contributed by atoms with Crippen molar-refractivity contribution >= 4 is 11.8 Å². The lowest BCUT2D eigenvalue weighted by Gasteiger charge is -2.37. The van der Waals surface area contributed by atoms with Gasteiger partial charge in [0.1, 0.15) is 40.4 Å². The molecule has 0 aliphatic rings. The average molecular weight is 1350 g/mol. The SMILES string of the molecule is CC(C)(C)Oc1cc([C@@](Cc2ccccc2)(NC(=O)c2ccc(F)c(C(F)(F)F)c2)c2cc(F)cc(OC(F)(F)C(F)F)c2)ccc1F.O=C(N[C@@](Cc1ccccc1)(c1cc(F)cc(OC(F)(F)C(F)F)c1)c1ccc(F)c(O)c1)c1ccc(F)c(C(F)(F)F)c1.[2H]CF. The van der Waals surface area contributed by atoms with Crippen LogP contribution in [-0.2, 0) is 36.3 Å². The number of hydrogen-bond acceptors (Lipinski definition) is 6. The van der Waals surface area contributed by atoms with E-state index in [0.29, 0.717) is 53.6 Å². The van der Waals surface area contributed by atoms with Crippen LogP contribution in [0.5, 0.6) is 23.0 Å². The number of hydrogen-bond donors (Lipinski definition) is 3. The van der Waals surface area contributed by atoms with Gasteiger partial charge in [-0.15, -0.1) is 0 Å². The second-order valence-electron chi connectivity index (χ2n) is 21.2. The molecule has 0 saturated carbocycles. The molecule has 0 aliphatic carbocycles. The van der Waals surface area contributed by atoms with Crippen LogP contribution in [0, 0.1) is 34.9 Å². The van der Waals surface area contributed by atoms with E-state index in [1.165, 1.54) is 36.4 Å². The zero-order valence-electron chi connectivity index (χ0n) is 49.4. The third kappa shape index (κ3) is 18.2. The first-order chi connectivity index (χ1) is 44.1. The molecular weight excluding hydrogens is 1300 g/mol. The molecule has 0 aliphatic heterocycles. The van der Waals surface area contributed by atoms with Crippen molar-refractivity contribution in [1.82, 2.24) is 10.6 Å². The molecule has 0 bridgehead atoms. The normalized spacial score (nSPS) is 13.4. The van der Waals surface area contributed by atoms with Gasteiger partial charge < -0.3 is 30.0 Å². The highest BCUT2D eigenvalue weighted by molar-refractivity contribution is 5.96. The fraction of sp³-hybridized carbons (Fsp3) is 0.231. The number of rotatable bonds is 19. The minimum Gasteiger partial charge on any atom is -0.505 e. The predicted octanol–water partition coefficient (Wildman–Crippen LogP) is 18.0. The molecule has 0 radical (unpaired) electrons. The van der Waals surface area contributed by atoms with E-state index in [9.17, 15) is 98.1 Å². The Labute approximate surface area is 521 Å². The number of phenols is 1. The molecule has 0 fully saturated rings. The van der Waals surface area contributed by atoms with Gasteiger partial charge >= 0.3 is 37.4 Å². The van der Waals surface area contributed by atoms with Gasteiger partial charge in [-0.1, -0.05) is 72.8 Å². The molecule has 2 atom stereocenters. The molecule has 0 aromatic heterocycles. The van der Waals surface area contributed by atoms with Gasteiger partial charge in [0.2, 0.25) is 0 Å². The van der Waals surface area contributed by atoms with Crippen LogP contribution in [0.25, 0.3) is 0 Å². The van der Waals surface area contributed by atoms with Gasteiger partial charge in [-0.2, -0.15) is 61.5 Å². The highest BCUT2D eigenvalue weighted by atomic mass is 19.4. The van der Waals surface area contributed by atoms with E-state index in [0.717, 1.165) is 54.6 Å². The second-order valence-corrected chi connectivity index (χ2v) is 21.2. The summed E-state index contributed by atoms with van der Waals surface area (Å²) in [6, 6.07) is 27.3. The Bertz CT molecular complexity index is 3970. The van der Waals surface area contributed by atoms with Gasteiger partial charge in [0.25, 0.3) is 11.8 Å². The second kappa shape index (κ2) is 29.2. The Hall–Kier alpha value is -9.57. The lowest BCUT2D eigenvalue weighted by molar-refractivity contribution is -0.253. The Morgan fingerprint density at radius 2 is 0.819 bits per heavy atom. The first-order valence-corrected chi connectivity index (χ1v) is 26.7. The quantitative estimate of drug-likeness (QED) is 0.0697. The molecule has 8 aromatic carbocycles. The van der Waals surface area contributed by atoms with Crippen LogP contribution >= 0.6 is 0 Å². The Kier molecular flexibility index (Phi) is 22.3. The Morgan fingerprint density at radius 1 is 0.457 bits per heavy atom. The molecular formula is C65H49F21N2O6. The fourth-order valence-electron chi connectivity index (χ4n) is 9.32. The number of benzene rings is 8. The highest BCUT2D eigenvalue weighted by Crippen LogP contribution is 2.43. The molecule has 0 heterocycles. The third-order valence-corrected chi connectivity index (χ3v) is 13.4. The topological polar surface area (TPSA) is 106 Å². The van der Waals surface area contributed by atoms with Crippen molar-refractivity contribution in [3.05, 3.63) is 260 Å². The van der Waals surface area contributed by atoms with Crippen molar-refractivity contribution in [2.45, 2.75) is 87.7 Å². The number of nitrogens with one attached hydrogen (secondary N) is 2. The van der Waals surface area contributed by atoms with E-state index in [4.69, 9.17) is 6.11 Å². The van der Waals surface area contributed by atoms with Crippen LogP contribution in [0.4, 0.5) is 92.2 Å². The monoisotopic (exact) mass is 1350 g/mol. The maximum atomic E-state index is 15.2. The minimum atomic E-state index is -5.21. The van der Waals surface area contributed by atoms with Crippen molar-refractivity contribution in [3.63, 3.8) is 0 Å². The van der Waals surface area contributed by atoms with Crippen LogP contribution in [0.3, 0.4) is 0 Å². The van der Waals surface area contributed by atoms with Gasteiger partial charge in [-0.05, 0) is 139 Å². The lowest BCUT2D eigenvalue weighted by atomic mass is 9.77. The molecule has 3 N–H and O–H groups in total. The fourth-order valence-corrected chi connectivity index (χ4v) is 9.32. The van der Waals surface area contributed by atoms with E-state index >= 15 is 8.78 Å². The summed E-state index contributed by atoms with van der Waals surface area (Å²) in [7, 11) is -1.00. The third-order valence-electron chi connectivity index (χ3n) is 13.4. The molecule has 0 spiro atoms. The number of carbonyl (C=O) groups excluding carboxylic acids is 2. The maximum absolute atomic E-state index is 15.2. The summed E-state index contributed by atoms with van der Waals surface area (Å²) in [5.41, 5.74) is -11.0. The number of halogens is 21. The Morgan fingerprint density at radius 3 is 1.17 bits per heavy atom. The van der Waals surface area contributed by atoms with E-state index in [1.54, 1.807) is 45.0 Å². The highest BCUT2D eigenvalue weighted by Gasteiger charge is 2.47. The summed E-state index contributed by atoms with van der Waals surface area (Å²) in [5.74, 6) is -14.3. The van der Waals surface area contributed by atoms with Crippen molar-refractivity contribution in [2.75, 3.05) is 7.15 Å². The molecule has 502 valence electrons. The van der Waals surface area contributed by atoms with Gasteiger partial charge in [0, 0.05) is 36.1 Å². The molecule has 29 heteroatoms. The number of amides is 2. The van der Waals surface area contributed by atoms with Crippen LogP contribution in [0.2, 0.25) is 0 Å². The van der Waals surface area contributed by atoms with Gasteiger partial charge in [-0.25, -0.2) is 26.3 Å². The van der Waals surface area contributed by atoms with Crippen molar-refractivity contribution in [3.8, 4) is 23.0 Å². The van der Waals surface area contributed by atoms with E-state index in [-0.39, 0.29) is 29.0 Å². The Balaban J connectivity index is 0.000000290. The van der Waals surface area contributed by atoms with Crippen molar-refractivity contribution in [2.24, 2.45) is 0 Å². The summed E-state index contributed by atoms with van der Waals surface area (Å²) >= 11 is 0. The lowest BCUT2D eigenvalue weighted by Crippen LogP contribution is -2.49. The van der Waals surface area contributed by atoms with Crippen LogP contribution in [0.15, 0.2) is 170 Å². The van der Waals surface area contributed by atoms with Crippen molar-refractivity contribution < 1.29 is 122 Å².